The van der Waals surface area contributed by atoms with Gasteiger partial charge in [0, 0.05) is 29.4 Å². The van der Waals surface area contributed by atoms with Crippen LogP contribution in [-0.2, 0) is 4.79 Å². The second-order valence-corrected chi connectivity index (χ2v) is 6.29. The summed E-state index contributed by atoms with van der Waals surface area (Å²) in [6.07, 6.45) is 3.07. The van der Waals surface area contributed by atoms with Crippen molar-refractivity contribution in [3.8, 4) is 5.69 Å². The number of nitrogens with one attached hydrogen (secondary N) is 3. The Morgan fingerprint density at radius 2 is 1.76 bits per heavy atom. The number of aromatic nitrogens is 3. The molecule has 0 unspecified atom stereocenters. The molecule has 0 aliphatic rings. The van der Waals surface area contributed by atoms with Crippen molar-refractivity contribution in [1.82, 2.24) is 20.1 Å². The normalized spacial score (nSPS) is 10.6. The predicted octanol–water partition coefficient (Wildman–Crippen LogP) is 2.08. The fourth-order valence-corrected chi connectivity index (χ4v) is 2.89. The summed E-state index contributed by atoms with van der Waals surface area (Å²) >= 11 is 0. The van der Waals surface area contributed by atoms with Crippen molar-refractivity contribution in [2.24, 2.45) is 0 Å². The van der Waals surface area contributed by atoms with Gasteiger partial charge in [-0.15, -0.1) is 0 Å². The molecule has 0 spiro atoms. The molecular weight excluding hydrogens is 370 g/mol. The number of pyridine rings is 1. The van der Waals surface area contributed by atoms with Gasteiger partial charge in [0.2, 0.25) is 11.3 Å². The van der Waals surface area contributed by atoms with Gasteiger partial charge < -0.3 is 15.6 Å². The lowest BCUT2D eigenvalue weighted by Crippen LogP contribution is -2.35. The molecule has 4 rings (SSSR count). The van der Waals surface area contributed by atoms with Crippen molar-refractivity contribution in [3.63, 3.8) is 0 Å². The average molecular weight is 387 g/mol. The Morgan fingerprint density at radius 1 is 1.00 bits per heavy atom. The molecule has 0 bridgehead atoms. The van der Waals surface area contributed by atoms with Gasteiger partial charge in [-0.1, -0.05) is 30.3 Å². The summed E-state index contributed by atoms with van der Waals surface area (Å²) in [5.74, 6) is -0.715. The molecule has 0 radical (unpaired) electrons. The Hall–Kier alpha value is -4.20. The van der Waals surface area contributed by atoms with Crippen molar-refractivity contribution in [2.45, 2.75) is 0 Å². The summed E-state index contributed by atoms with van der Waals surface area (Å²) in [5, 5.41) is 9.75. The van der Waals surface area contributed by atoms with E-state index in [-0.39, 0.29) is 17.5 Å². The number of aromatic amines is 1. The Balaban J connectivity index is 1.39. The van der Waals surface area contributed by atoms with Gasteiger partial charge in [0.15, 0.2) is 5.82 Å². The van der Waals surface area contributed by atoms with E-state index in [9.17, 15) is 14.4 Å². The number of hydrogen-bond acceptors (Lipinski definition) is 4. The molecule has 0 fully saturated rings. The first-order valence-electron chi connectivity index (χ1n) is 8.91. The number of amides is 2. The Kier molecular flexibility index (Phi) is 4.90. The molecule has 0 saturated carbocycles. The van der Waals surface area contributed by atoms with Crippen LogP contribution in [0.3, 0.4) is 0 Å². The van der Waals surface area contributed by atoms with Gasteiger partial charge in [0.05, 0.1) is 12.2 Å². The molecule has 144 valence electrons. The van der Waals surface area contributed by atoms with E-state index in [0.29, 0.717) is 16.7 Å². The number of fused-ring (bicyclic) bond motifs is 1. The van der Waals surface area contributed by atoms with Gasteiger partial charge in [-0.25, -0.2) is 4.68 Å². The van der Waals surface area contributed by atoms with E-state index in [4.69, 9.17) is 0 Å². The van der Waals surface area contributed by atoms with E-state index < -0.39 is 11.8 Å². The molecule has 3 N–H and O–H groups in total. The average Bonchev–Trinajstić information content (AvgIpc) is 3.21. The topological polar surface area (TPSA) is 109 Å². The number of carbonyl (C=O) groups is 2. The summed E-state index contributed by atoms with van der Waals surface area (Å²) in [6, 6.07) is 18.0. The molecule has 2 aromatic carbocycles. The van der Waals surface area contributed by atoms with Crippen molar-refractivity contribution in [1.29, 1.82) is 0 Å². The highest BCUT2D eigenvalue weighted by Crippen LogP contribution is 2.10. The maximum atomic E-state index is 12.4. The predicted molar refractivity (Wildman–Crippen MR) is 109 cm³/mol. The highest BCUT2D eigenvalue weighted by atomic mass is 16.2. The van der Waals surface area contributed by atoms with E-state index in [1.54, 1.807) is 41.2 Å². The van der Waals surface area contributed by atoms with Crippen LogP contribution < -0.4 is 16.1 Å². The van der Waals surface area contributed by atoms with Crippen molar-refractivity contribution < 1.29 is 9.59 Å². The third kappa shape index (κ3) is 3.91. The Bertz CT molecular complexity index is 1240. The quantitative estimate of drug-likeness (QED) is 0.487. The maximum absolute atomic E-state index is 12.4. The zero-order valence-electron chi connectivity index (χ0n) is 15.3. The Labute approximate surface area is 165 Å². The summed E-state index contributed by atoms with van der Waals surface area (Å²) in [5.41, 5.74) is 1.06. The molecule has 0 saturated heterocycles. The molecule has 8 heteroatoms. The lowest BCUT2D eigenvalue weighted by atomic mass is 10.1. The van der Waals surface area contributed by atoms with Crippen molar-refractivity contribution >= 4 is 28.5 Å². The molecule has 8 nitrogen and oxygen atoms in total. The number of hydrogen-bond donors (Lipinski definition) is 3. The number of benzene rings is 2. The highest BCUT2D eigenvalue weighted by Gasteiger charge is 2.14. The molecule has 0 aliphatic heterocycles. The third-order valence-electron chi connectivity index (χ3n) is 4.32. The van der Waals surface area contributed by atoms with Gasteiger partial charge >= 0.3 is 0 Å². The molecule has 2 aromatic heterocycles. The van der Waals surface area contributed by atoms with E-state index in [2.05, 4.69) is 20.7 Å². The van der Waals surface area contributed by atoms with Gasteiger partial charge in [-0.05, 0) is 24.3 Å². The third-order valence-corrected chi connectivity index (χ3v) is 4.32. The van der Waals surface area contributed by atoms with E-state index in [1.165, 1.54) is 6.20 Å². The maximum Gasteiger partial charge on any atom is 0.257 e. The molecule has 2 amide bonds. The number of carbonyl (C=O) groups excluding carboxylic acids is 2. The van der Waals surface area contributed by atoms with E-state index in [1.807, 2.05) is 30.3 Å². The number of para-hydroxylation sites is 2. The highest BCUT2D eigenvalue weighted by molar-refractivity contribution is 6.00. The summed E-state index contributed by atoms with van der Waals surface area (Å²) in [7, 11) is 0. The number of nitrogens with zero attached hydrogens (tertiary/aromatic N) is 2. The van der Waals surface area contributed by atoms with Crippen LogP contribution in [0.25, 0.3) is 16.6 Å². The number of rotatable bonds is 5. The molecule has 0 atom stereocenters. The lowest BCUT2D eigenvalue weighted by Gasteiger charge is -2.06. The standard InChI is InChI=1S/C21H17N5O3/c27-19(24-18-10-11-26(25-18)14-6-2-1-3-7-14)13-23-21(29)16-12-22-17-9-5-4-8-15(17)20(16)28/h1-12H,13H2,(H,22,28)(H,23,29)(H,24,25,27). The second kappa shape index (κ2) is 7.81. The van der Waals surface area contributed by atoms with Crippen LogP contribution in [0, 0.1) is 0 Å². The first-order valence-corrected chi connectivity index (χ1v) is 8.91. The first-order chi connectivity index (χ1) is 14.1. The van der Waals surface area contributed by atoms with Crippen LogP contribution in [0.4, 0.5) is 5.82 Å². The molecule has 29 heavy (non-hydrogen) atoms. The molecule has 2 heterocycles. The van der Waals surface area contributed by atoms with Crippen LogP contribution in [0.2, 0.25) is 0 Å². The molecule has 0 aliphatic carbocycles. The summed E-state index contributed by atoms with van der Waals surface area (Å²) in [6.45, 7) is -0.288. The lowest BCUT2D eigenvalue weighted by molar-refractivity contribution is -0.115. The van der Waals surface area contributed by atoms with Crippen LogP contribution in [0.5, 0.6) is 0 Å². The van der Waals surface area contributed by atoms with Crippen LogP contribution in [-0.4, -0.2) is 33.1 Å². The SMILES string of the molecule is O=C(CNC(=O)c1c[nH]c2ccccc2c1=O)Nc1ccn(-c2ccccc2)n1. The number of anilines is 1. The summed E-state index contributed by atoms with van der Waals surface area (Å²) < 4.78 is 1.63. The monoisotopic (exact) mass is 387 g/mol. The van der Waals surface area contributed by atoms with Crippen molar-refractivity contribution in [3.05, 3.63) is 88.8 Å². The second-order valence-electron chi connectivity index (χ2n) is 6.29. The fourth-order valence-electron chi connectivity index (χ4n) is 2.89. The van der Waals surface area contributed by atoms with E-state index >= 15 is 0 Å². The largest absolute Gasteiger partial charge is 0.360 e. The van der Waals surface area contributed by atoms with Gasteiger partial charge in [0.25, 0.3) is 5.91 Å². The van der Waals surface area contributed by atoms with Gasteiger partial charge in [0.1, 0.15) is 5.56 Å². The smallest absolute Gasteiger partial charge is 0.257 e. The zero-order chi connectivity index (χ0) is 20.2. The molecular formula is C21H17N5O3. The molecule has 4 aromatic rings. The van der Waals surface area contributed by atoms with Crippen LogP contribution >= 0.6 is 0 Å². The zero-order valence-corrected chi connectivity index (χ0v) is 15.3. The van der Waals surface area contributed by atoms with Gasteiger partial charge in [-0.3, -0.25) is 14.4 Å². The van der Waals surface area contributed by atoms with Gasteiger partial charge in [-0.2, -0.15) is 5.10 Å². The number of H-pyrrole nitrogens is 1. The minimum atomic E-state index is -0.623. The minimum Gasteiger partial charge on any atom is -0.360 e. The van der Waals surface area contributed by atoms with Crippen molar-refractivity contribution in [2.75, 3.05) is 11.9 Å². The van der Waals surface area contributed by atoms with Crippen LogP contribution in [0.15, 0.2) is 77.9 Å². The minimum absolute atomic E-state index is 0.0511. The van der Waals surface area contributed by atoms with Crippen LogP contribution in [0.1, 0.15) is 10.4 Å². The van der Waals surface area contributed by atoms with E-state index in [0.717, 1.165) is 5.69 Å². The first kappa shape index (κ1) is 18.2. The fraction of sp³-hybridized carbons (Fsp3) is 0.0476. The Morgan fingerprint density at radius 3 is 2.59 bits per heavy atom. The summed E-state index contributed by atoms with van der Waals surface area (Å²) in [4.78, 5) is 39.8.